The minimum atomic E-state index is -1.32. The molecule has 0 aromatic carbocycles. The summed E-state index contributed by atoms with van der Waals surface area (Å²) in [5.41, 5.74) is -1.32. The third-order valence-electron chi connectivity index (χ3n) is 4.00. The Labute approximate surface area is 166 Å². The molecule has 0 aliphatic rings. The standard InChI is InChI=1S/C18H36N2O8/c1-4-16(23)17(24)28-9-5-6-18(25,20-11-15(22)13-27-3)7-8-19-10-14(21)12-26-2/h14-15,19-22,25H,4-13H2,1-3H3. The predicted octanol–water partition coefficient (Wildman–Crippen LogP) is -1.44. The zero-order chi connectivity index (χ0) is 21.4. The summed E-state index contributed by atoms with van der Waals surface area (Å²) in [5, 5.41) is 36.1. The van der Waals surface area contributed by atoms with Gasteiger partial charge in [-0.05, 0) is 19.4 Å². The number of ether oxygens (including phenoxy) is 3. The van der Waals surface area contributed by atoms with E-state index in [4.69, 9.17) is 14.2 Å². The number of methoxy groups -OCH3 is 2. The quantitative estimate of drug-likeness (QED) is 0.0791. The molecule has 0 aliphatic heterocycles. The van der Waals surface area contributed by atoms with Gasteiger partial charge in [0.15, 0.2) is 0 Å². The van der Waals surface area contributed by atoms with Gasteiger partial charge in [0, 0.05) is 40.2 Å². The van der Waals surface area contributed by atoms with Crippen molar-refractivity contribution in [2.24, 2.45) is 0 Å². The van der Waals surface area contributed by atoms with Crippen molar-refractivity contribution in [2.45, 2.75) is 50.5 Å². The molecule has 0 amide bonds. The van der Waals surface area contributed by atoms with Crippen molar-refractivity contribution in [2.75, 3.05) is 53.7 Å². The molecule has 3 unspecified atom stereocenters. The lowest BCUT2D eigenvalue weighted by atomic mass is 10.0. The van der Waals surface area contributed by atoms with E-state index in [1.807, 2.05) is 0 Å². The molecule has 0 heterocycles. The number of aliphatic hydroxyl groups excluding tert-OH is 2. The molecule has 0 aliphatic carbocycles. The lowest BCUT2D eigenvalue weighted by Gasteiger charge is -2.31. The van der Waals surface area contributed by atoms with Crippen molar-refractivity contribution in [3.8, 4) is 0 Å². The van der Waals surface area contributed by atoms with Gasteiger partial charge >= 0.3 is 5.97 Å². The highest BCUT2D eigenvalue weighted by Gasteiger charge is 2.27. The molecule has 0 spiro atoms. The first-order valence-corrected chi connectivity index (χ1v) is 9.50. The van der Waals surface area contributed by atoms with Crippen LogP contribution in [-0.2, 0) is 23.8 Å². The molecule has 0 aromatic rings. The fourth-order valence-corrected chi connectivity index (χ4v) is 2.43. The van der Waals surface area contributed by atoms with Crippen LogP contribution in [0.2, 0.25) is 0 Å². The van der Waals surface area contributed by atoms with E-state index in [0.717, 1.165) is 0 Å². The van der Waals surface area contributed by atoms with Crippen molar-refractivity contribution >= 4 is 11.8 Å². The van der Waals surface area contributed by atoms with Crippen LogP contribution in [0.4, 0.5) is 0 Å². The first kappa shape index (κ1) is 26.9. The molecule has 3 atom stereocenters. The molecule has 0 aromatic heterocycles. The molecule has 10 heteroatoms. The van der Waals surface area contributed by atoms with Gasteiger partial charge in [0.2, 0.25) is 5.78 Å². The van der Waals surface area contributed by atoms with E-state index < -0.39 is 29.7 Å². The van der Waals surface area contributed by atoms with Crippen LogP contribution in [0.5, 0.6) is 0 Å². The average molecular weight is 408 g/mol. The number of carbonyl (C=O) groups is 2. The number of nitrogens with one attached hydrogen (secondary N) is 2. The van der Waals surface area contributed by atoms with Gasteiger partial charge in [-0.25, -0.2) is 4.79 Å². The van der Waals surface area contributed by atoms with Gasteiger partial charge in [0.1, 0.15) is 5.72 Å². The number of carbonyl (C=O) groups excluding carboxylic acids is 2. The van der Waals surface area contributed by atoms with Crippen molar-refractivity contribution in [1.82, 2.24) is 10.6 Å². The maximum atomic E-state index is 11.4. The largest absolute Gasteiger partial charge is 0.460 e. The number of aliphatic hydroxyl groups is 3. The van der Waals surface area contributed by atoms with Crippen molar-refractivity contribution in [3.63, 3.8) is 0 Å². The van der Waals surface area contributed by atoms with E-state index in [0.29, 0.717) is 19.5 Å². The second-order valence-corrected chi connectivity index (χ2v) is 6.60. The molecule has 28 heavy (non-hydrogen) atoms. The Morgan fingerprint density at radius 3 is 2.21 bits per heavy atom. The third kappa shape index (κ3) is 13.1. The Hall–Kier alpha value is -1.14. The second kappa shape index (κ2) is 15.7. The zero-order valence-corrected chi connectivity index (χ0v) is 17.1. The maximum Gasteiger partial charge on any atom is 0.374 e. The first-order chi connectivity index (χ1) is 13.3. The Balaban J connectivity index is 4.45. The predicted molar refractivity (Wildman–Crippen MR) is 102 cm³/mol. The highest BCUT2D eigenvalue weighted by molar-refractivity contribution is 6.33. The van der Waals surface area contributed by atoms with Gasteiger partial charge < -0.3 is 34.8 Å². The number of Topliss-reactive ketones (excluding diaryl/α,β-unsaturated/α-hetero) is 1. The molecule has 0 rings (SSSR count). The van der Waals surface area contributed by atoms with Crippen LogP contribution in [0.25, 0.3) is 0 Å². The summed E-state index contributed by atoms with van der Waals surface area (Å²) >= 11 is 0. The average Bonchev–Trinajstić information content (AvgIpc) is 2.67. The first-order valence-electron chi connectivity index (χ1n) is 9.50. The third-order valence-corrected chi connectivity index (χ3v) is 4.00. The number of hydrogen-bond acceptors (Lipinski definition) is 10. The van der Waals surface area contributed by atoms with E-state index in [9.17, 15) is 24.9 Å². The van der Waals surface area contributed by atoms with Crippen molar-refractivity contribution < 1.29 is 39.1 Å². The fourth-order valence-electron chi connectivity index (χ4n) is 2.43. The molecule has 10 nitrogen and oxygen atoms in total. The van der Waals surface area contributed by atoms with Crippen LogP contribution >= 0.6 is 0 Å². The van der Waals surface area contributed by atoms with Crippen LogP contribution in [0.3, 0.4) is 0 Å². The van der Waals surface area contributed by atoms with Gasteiger partial charge in [0.25, 0.3) is 0 Å². The Morgan fingerprint density at radius 1 is 1.04 bits per heavy atom. The molecule has 5 N–H and O–H groups in total. The van der Waals surface area contributed by atoms with E-state index in [-0.39, 0.29) is 45.6 Å². The summed E-state index contributed by atoms with van der Waals surface area (Å²) in [6.45, 7) is 2.75. The van der Waals surface area contributed by atoms with Crippen LogP contribution in [0.15, 0.2) is 0 Å². The summed E-state index contributed by atoms with van der Waals surface area (Å²) in [6.07, 6.45) is -0.490. The monoisotopic (exact) mass is 408 g/mol. The summed E-state index contributed by atoms with van der Waals surface area (Å²) in [7, 11) is 2.97. The van der Waals surface area contributed by atoms with Crippen molar-refractivity contribution in [1.29, 1.82) is 0 Å². The van der Waals surface area contributed by atoms with Crippen molar-refractivity contribution in [3.05, 3.63) is 0 Å². The van der Waals surface area contributed by atoms with Gasteiger partial charge in [-0.15, -0.1) is 0 Å². The molecule has 0 fully saturated rings. The SMILES string of the molecule is CCC(=O)C(=O)OCCCC(O)(CCNCC(O)COC)NCC(O)COC. The lowest BCUT2D eigenvalue weighted by molar-refractivity contribution is -0.154. The molecule has 0 bridgehead atoms. The van der Waals surface area contributed by atoms with Gasteiger partial charge in [-0.2, -0.15) is 0 Å². The fraction of sp³-hybridized carbons (Fsp3) is 0.889. The number of rotatable bonds is 18. The van der Waals surface area contributed by atoms with Crippen LogP contribution in [-0.4, -0.2) is 98.7 Å². The minimum absolute atomic E-state index is 0.00910. The number of hydrogen-bond donors (Lipinski definition) is 5. The van der Waals surface area contributed by atoms with Gasteiger partial charge in [0.05, 0.1) is 32.0 Å². The molecule has 166 valence electrons. The van der Waals surface area contributed by atoms with E-state index in [2.05, 4.69) is 10.6 Å². The van der Waals surface area contributed by atoms with E-state index >= 15 is 0 Å². The molecule has 0 saturated carbocycles. The summed E-state index contributed by atoms with van der Waals surface area (Å²) < 4.78 is 14.6. The van der Waals surface area contributed by atoms with Crippen LogP contribution < -0.4 is 10.6 Å². The van der Waals surface area contributed by atoms with E-state index in [1.165, 1.54) is 14.2 Å². The lowest BCUT2D eigenvalue weighted by Crippen LogP contribution is -2.50. The molecular formula is C18H36N2O8. The smallest absolute Gasteiger partial charge is 0.374 e. The summed E-state index contributed by atoms with van der Waals surface area (Å²) in [4.78, 5) is 22.6. The highest BCUT2D eigenvalue weighted by atomic mass is 16.5. The topological polar surface area (TPSA) is 147 Å². The minimum Gasteiger partial charge on any atom is -0.460 e. The Kier molecular flexibility index (Phi) is 15.1. The Morgan fingerprint density at radius 2 is 1.64 bits per heavy atom. The second-order valence-electron chi connectivity index (χ2n) is 6.60. The number of esters is 1. The van der Waals surface area contributed by atoms with Crippen LogP contribution in [0, 0.1) is 0 Å². The highest BCUT2D eigenvalue weighted by Crippen LogP contribution is 2.14. The summed E-state index contributed by atoms with van der Waals surface area (Å²) in [5.74, 6) is -1.46. The summed E-state index contributed by atoms with van der Waals surface area (Å²) in [6, 6.07) is 0. The normalized spacial score (nSPS) is 15.6. The molecular weight excluding hydrogens is 372 g/mol. The zero-order valence-electron chi connectivity index (χ0n) is 17.1. The van der Waals surface area contributed by atoms with Gasteiger partial charge in [-0.1, -0.05) is 6.92 Å². The van der Waals surface area contributed by atoms with Gasteiger partial charge in [-0.3, -0.25) is 10.1 Å². The van der Waals surface area contributed by atoms with E-state index in [1.54, 1.807) is 6.92 Å². The maximum absolute atomic E-state index is 11.4. The molecule has 0 radical (unpaired) electrons. The Bertz CT molecular complexity index is 438. The van der Waals surface area contributed by atoms with Crippen LogP contribution in [0.1, 0.15) is 32.6 Å². The molecule has 0 saturated heterocycles. The number of ketones is 1.